The normalized spacial score (nSPS) is 26.4. The Hall–Kier alpha value is -1.20. The SMILES string of the molecule is CCOC1CC(N(C)Cc2ccc(OC)nn2)C12CCCC2. The van der Waals surface area contributed by atoms with Crippen LogP contribution in [0, 0.1) is 5.41 Å². The summed E-state index contributed by atoms with van der Waals surface area (Å²) in [5, 5.41) is 8.32. The molecule has 5 heteroatoms. The van der Waals surface area contributed by atoms with Gasteiger partial charge < -0.3 is 9.47 Å². The molecule has 1 aromatic heterocycles. The fourth-order valence-corrected chi connectivity index (χ4v) is 4.38. The predicted octanol–water partition coefficient (Wildman–Crippen LogP) is 2.65. The standard InChI is InChI=1S/C17H27N3O2/c1-4-22-15-11-14(17(15)9-5-6-10-17)20(2)12-13-7-8-16(21-3)19-18-13/h7-8,14-15H,4-6,9-12H2,1-3H3. The van der Waals surface area contributed by atoms with Gasteiger partial charge in [-0.05, 0) is 39.3 Å². The molecule has 5 nitrogen and oxygen atoms in total. The van der Waals surface area contributed by atoms with Crippen molar-refractivity contribution < 1.29 is 9.47 Å². The molecule has 122 valence electrons. The molecule has 1 heterocycles. The third-order valence-corrected chi connectivity index (χ3v) is 5.49. The van der Waals surface area contributed by atoms with Gasteiger partial charge in [-0.2, -0.15) is 5.10 Å². The number of methoxy groups -OCH3 is 1. The summed E-state index contributed by atoms with van der Waals surface area (Å²) in [4.78, 5) is 2.44. The molecular weight excluding hydrogens is 278 g/mol. The highest BCUT2D eigenvalue weighted by molar-refractivity contribution is 5.14. The highest BCUT2D eigenvalue weighted by Crippen LogP contribution is 2.56. The van der Waals surface area contributed by atoms with Crippen LogP contribution in [-0.4, -0.2) is 48.0 Å². The first-order chi connectivity index (χ1) is 10.7. The van der Waals surface area contributed by atoms with Crippen LogP contribution < -0.4 is 4.74 Å². The van der Waals surface area contributed by atoms with Crippen LogP contribution in [0.4, 0.5) is 0 Å². The fourth-order valence-electron chi connectivity index (χ4n) is 4.38. The lowest BCUT2D eigenvalue weighted by Gasteiger charge is -2.57. The molecular formula is C17H27N3O2. The van der Waals surface area contributed by atoms with Crippen LogP contribution in [0.2, 0.25) is 0 Å². The van der Waals surface area contributed by atoms with Crippen LogP contribution in [0.25, 0.3) is 0 Å². The first-order valence-electron chi connectivity index (χ1n) is 8.38. The summed E-state index contributed by atoms with van der Waals surface area (Å²) in [6, 6.07) is 4.49. The second-order valence-corrected chi connectivity index (χ2v) is 6.62. The van der Waals surface area contributed by atoms with E-state index < -0.39 is 0 Å². The molecule has 0 aliphatic heterocycles. The Labute approximate surface area is 133 Å². The molecule has 1 spiro atoms. The number of hydrogen-bond acceptors (Lipinski definition) is 5. The summed E-state index contributed by atoms with van der Waals surface area (Å²) in [7, 11) is 3.82. The van der Waals surface area contributed by atoms with Crippen molar-refractivity contribution in [2.75, 3.05) is 20.8 Å². The predicted molar refractivity (Wildman–Crippen MR) is 84.8 cm³/mol. The number of ether oxygens (including phenoxy) is 2. The van der Waals surface area contributed by atoms with Crippen LogP contribution in [0.5, 0.6) is 5.88 Å². The fraction of sp³-hybridized carbons (Fsp3) is 0.765. The smallest absolute Gasteiger partial charge is 0.233 e. The van der Waals surface area contributed by atoms with Crippen LogP contribution in [0.1, 0.15) is 44.7 Å². The van der Waals surface area contributed by atoms with Crippen molar-refractivity contribution >= 4 is 0 Å². The maximum atomic E-state index is 6.01. The van der Waals surface area contributed by atoms with Gasteiger partial charge in [0.05, 0.1) is 18.9 Å². The molecule has 0 bridgehead atoms. The van der Waals surface area contributed by atoms with Crippen molar-refractivity contribution in [3.63, 3.8) is 0 Å². The highest BCUT2D eigenvalue weighted by Gasteiger charge is 2.57. The molecule has 0 N–H and O–H groups in total. The Balaban J connectivity index is 1.65. The van der Waals surface area contributed by atoms with Crippen molar-refractivity contribution in [1.82, 2.24) is 15.1 Å². The molecule has 2 unspecified atom stereocenters. The van der Waals surface area contributed by atoms with Gasteiger partial charge in [0.2, 0.25) is 5.88 Å². The summed E-state index contributed by atoms with van der Waals surface area (Å²) >= 11 is 0. The number of nitrogens with zero attached hydrogens (tertiary/aromatic N) is 3. The van der Waals surface area contributed by atoms with Crippen LogP contribution in [0.3, 0.4) is 0 Å². The molecule has 0 saturated heterocycles. The molecule has 1 aromatic rings. The number of hydrogen-bond donors (Lipinski definition) is 0. The average Bonchev–Trinajstić information content (AvgIpc) is 3.04. The van der Waals surface area contributed by atoms with Gasteiger partial charge in [-0.3, -0.25) is 4.90 Å². The number of rotatable bonds is 6. The van der Waals surface area contributed by atoms with Gasteiger partial charge in [0.15, 0.2) is 0 Å². The highest BCUT2D eigenvalue weighted by atomic mass is 16.5. The van der Waals surface area contributed by atoms with E-state index in [2.05, 4.69) is 29.1 Å². The summed E-state index contributed by atoms with van der Waals surface area (Å²) in [5.41, 5.74) is 1.38. The van der Waals surface area contributed by atoms with Gasteiger partial charge in [-0.15, -0.1) is 5.10 Å². The molecule has 0 amide bonds. The minimum Gasteiger partial charge on any atom is -0.480 e. The van der Waals surface area contributed by atoms with Gasteiger partial charge in [-0.25, -0.2) is 0 Å². The van der Waals surface area contributed by atoms with Gasteiger partial charge in [-0.1, -0.05) is 12.8 Å². The van der Waals surface area contributed by atoms with E-state index in [4.69, 9.17) is 9.47 Å². The van der Waals surface area contributed by atoms with E-state index >= 15 is 0 Å². The molecule has 0 aromatic carbocycles. The van der Waals surface area contributed by atoms with E-state index in [0.29, 0.717) is 23.4 Å². The zero-order valence-electron chi connectivity index (χ0n) is 13.9. The van der Waals surface area contributed by atoms with Crippen molar-refractivity contribution in [2.24, 2.45) is 5.41 Å². The molecule has 2 saturated carbocycles. The molecule has 2 fully saturated rings. The van der Waals surface area contributed by atoms with E-state index in [1.165, 1.54) is 25.7 Å². The van der Waals surface area contributed by atoms with Crippen molar-refractivity contribution in [3.05, 3.63) is 17.8 Å². The van der Waals surface area contributed by atoms with Crippen LogP contribution in [-0.2, 0) is 11.3 Å². The molecule has 2 aliphatic carbocycles. The lowest BCUT2D eigenvalue weighted by molar-refractivity contribution is -0.162. The second kappa shape index (κ2) is 6.50. The number of aromatic nitrogens is 2. The molecule has 3 rings (SSSR count). The van der Waals surface area contributed by atoms with E-state index in [9.17, 15) is 0 Å². The first-order valence-corrected chi connectivity index (χ1v) is 8.38. The first kappa shape index (κ1) is 15.7. The van der Waals surface area contributed by atoms with Crippen molar-refractivity contribution in [2.45, 2.75) is 57.7 Å². The van der Waals surface area contributed by atoms with Gasteiger partial charge in [0, 0.05) is 30.7 Å². The van der Waals surface area contributed by atoms with E-state index in [1.807, 2.05) is 12.1 Å². The monoisotopic (exact) mass is 305 g/mol. The zero-order valence-corrected chi connectivity index (χ0v) is 13.9. The minimum atomic E-state index is 0.380. The summed E-state index contributed by atoms with van der Waals surface area (Å²) < 4.78 is 11.1. The summed E-state index contributed by atoms with van der Waals surface area (Å²) in [6.07, 6.45) is 6.90. The van der Waals surface area contributed by atoms with Gasteiger partial charge in [0.25, 0.3) is 0 Å². The van der Waals surface area contributed by atoms with Gasteiger partial charge in [0.1, 0.15) is 0 Å². The second-order valence-electron chi connectivity index (χ2n) is 6.62. The summed E-state index contributed by atoms with van der Waals surface area (Å²) in [5.74, 6) is 0.568. The molecule has 2 aliphatic rings. The lowest BCUT2D eigenvalue weighted by Crippen LogP contribution is -2.62. The minimum absolute atomic E-state index is 0.380. The van der Waals surface area contributed by atoms with Crippen LogP contribution >= 0.6 is 0 Å². The third kappa shape index (κ3) is 2.72. The van der Waals surface area contributed by atoms with E-state index in [0.717, 1.165) is 25.3 Å². The molecule has 2 atom stereocenters. The Morgan fingerprint density at radius 2 is 2.05 bits per heavy atom. The maximum Gasteiger partial charge on any atom is 0.233 e. The Bertz CT molecular complexity index is 485. The van der Waals surface area contributed by atoms with Crippen molar-refractivity contribution in [1.29, 1.82) is 0 Å². The Kier molecular flexibility index (Phi) is 4.64. The quantitative estimate of drug-likeness (QED) is 0.808. The molecule has 22 heavy (non-hydrogen) atoms. The van der Waals surface area contributed by atoms with Crippen LogP contribution in [0.15, 0.2) is 12.1 Å². The Morgan fingerprint density at radius 3 is 2.64 bits per heavy atom. The lowest BCUT2D eigenvalue weighted by atomic mass is 9.60. The Morgan fingerprint density at radius 1 is 1.27 bits per heavy atom. The van der Waals surface area contributed by atoms with Gasteiger partial charge >= 0.3 is 0 Å². The van der Waals surface area contributed by atoms with E-state index in [1.54, 1.807) is 7.11 Å². The van der Waals surface area contributed by atoms with Crippen molar-refractivity contribution in [3.8, 4) is 5.88 Å². The topological polar surface area (TPSA) is 47.5 Å². The zero-order chi connectivity index (χ0) is 15.6. The molecule has 0 radical (unpaired) electrons. The summed E-state index contributed by atoms with van der Waals surface area (Å²) in [6.45, 7) is 3.77. The largest absolute Gasteiger partial charge is 0.480 e. The van der Waals surface area contributed by atoms with E-state index in [-0.39, 0.29) is 0 Å². The third-order valence-electron chi connectivity index (χ3n) is 5.49. The maximum absolute atomic E-state index is 6.01. The average molecular weight is 305 g/mol.